The highest BCUT2D eigenvalue weighted by Crippen LogP contribution is 2.35. The topological polar surface area (TPSA) is 50.2 Å². The van der Waals surface area contributed by atoms with Crippen molar-refractivity contribution >= 4 is 17.5 Å². The highest BCUT2D eigenvalue weighted by Gasteiger charge is 2.39. The van der Waals surface area contributed by atoms with Crippen LogP contribution in [0.2, 0.25) is 5.02 Å². The minimum absolute atomic E-state index is 0.288. The maximum atomic E-state index is 12.7. The molecule has 1 heterocycles. The standard InChI is InChI=1S/C12H18ClF3N4O/c1-4-20(5-2)7-6-17-11(21)9-8(13)10(12(14,15)16)18-19(9)3/h4-7H2,1-3H3,(H,17,21). The van der Waals surface area contributed by atoms with Gasteiger partial charge < -0.3 is 10.2 Å². The summed E-state index contributed by atoms with van der Waals surface area (Å²) >= 11 is 5.63. The van der Waals surface area contributed by atoms with Gasteiger partial charge >= 0.3 is 6.18 Å². The smallest absolute Gasteiger partial charge is 0.349 e. The van der Waals surface area contributed by atoms with E-state index in [4.69, 9.17) is 11.6 Å². The number of alkyl halides is 3. The summed E-state index contributed by atoms with van der Waals surface area (Å²) in [5.41, 5.74) is -1.54. The fourth-order valence-electron chi connectivity index (χ4n) is 1.88. The van der Waals surface area contributed by atoms with E-state index in [0.29, 0.717) is 13.1 Å². The molecule has 1 aromatic heterocycles. The molecule has 1 aromatic rings. The number of nitrogens with zero attached hydrogens (tertiary/aromatic N) is 3. The molecule has 0 aliphatic carbocycles. The van der Waals surface area contributed by atoms with Gasteiger partial charge in [-0.25, -0.2) is 0 Å². The van der Waals surface area contributed by atoms with E-state index in [1.807, 2.05) is 13.8 Å². The summed E-state index contributed by atoms with van der Waals surface area (Å²) in [6.07, 6.45) is -4.69. The van der Waals surface area contributed by atoms with Crippen molar-refractivity contribution in [3.8, 4) is 0 Å². The van der Waals surface area contributed by atoms with Gasteiger partial charge in [-0.2, -0.15) is 18.3 Å². The molecule has 21 heavy (non-hydrogen) atoms. The monoisotopic (exact) mass is 326 g/mol. The van der Waals surface area contributed by atoms with E-state index < -0.39 is 22.8 Å². The van der Waals surface area contributed by atoms with Crippen LogP contribution in [0.3, 0.4) is 0 Å². The van der Waals surface area contributed by atoms with Crippen LogP contribution in [-0.4, -0.2) is 46.8 Å². The van der Waals surface area contributed by atoms with Crippen molar-refractivity contribution in [2.75, 3.05) is 26.2 Å². The van der Waals surface area contributed by atoms with Crippen LogP contribution in [-0.2, 0) is 13.2 Å². The molecule has 1 N–H and O–H groups in total. The molecule has 0 radical (unpaired) electrons. The van der Waals surface area contributed by atoms with E-state index in [9.17, 15) is 18.0 Å². The van der Waals surface area contributed by atoms with Crippen LogP contribution in [0.4, 0.5) is 13.2 Å². The van der Waals surface area contributed by atoms with Gasteiger partial charge in [0.15, 0.2) is 5.69 Å². The van der Waals surface area contributed by atoms with Gasteiger partial charge in [0.05, 0.1) is 0 Å². The Balaban J connectivity index is 2.78. The highest BCUT2D eigenvalue weighted by atomic mass is 35.5. The number of aryl methyl sites for hydroxylation is 1. The Hall–Kier alpha value is -1.28. The molecule has 0 atom stereocenters. The molecule has 0 aromatic carbocycles. The van der Waals surface area contributed by atoms with E-state index in [-0.39, 0.29) is 5.69 Å². The normalized spacial score (nSPS) is 12.0. The third-order valence-electron chi connectivity index (χ3n) is 3.08. The summed E-state index contributed by atoms with van der Waals surface area (Å²) in [4.78, 5) is 14.0. The van der Waals surface area contributed by atoms with E-state index in [1.165, 1.54) is 7.05 Å². The number of halogens is 4. The first-order valence-electron chi connectivity index (χ1n) is 6.52. The number of aromatic nitrogens is 2. The molecule has 1 rings (SSSR count). The van der Waals surface area contributed by atoms with E-state index in [0.717, 1.165) is 17.8 Å². The number of carbonyl (C=O) groups excluding carboxylic acids is 1. The summed E-state index contributed by atoms with van der Waals surface area (Å²) in [5.74, 6) is -0.669. The Kier molecular flexibility index (Phi) is 6.03. The average molecular weight is 327 g/mol. The number of hydrogen-bond acceptors (Lipinski definition) is 3. The average Bonchev–Trinajstić information content (AvgIpc) is 2.70. The molecule has 0 saturated carbocycles. The van der Waals surface area contributed by atoms with Gasteiger partial charge in [0, 0.05) is 20.1 Å². The first-order chi connectivity index (χ1) is 9.72. The van der Waals surface area contributed by atoms with Gasteiger partial charge in [-0.3, -0.25) is 9.48 Å². The Morgan fingerprint density at radius 3 is 2.38 bits per heavy atom. The molecule has 0 spiro atoms. The van der Waals surface area contributed by atoms with Crippen LogP contribution < -0.4 is 5.32 Å². The van der Waals surface area contributed by atoms with Crippen molar-refractivity contribution < 1.29 is 18.0 Å². The molecule has 0 unspecified atom stereocenters. The summed E-state index contributed by atoms with van der Waals surface area (Å²) in [7, 11) is 1.25. The second kappa shape index (κ2) is 7.13. The predicted molar refractivity (Wildman–Crippen MR) is 73.3 cm³/mol. The van der Waals surface area contributed by atoms with Gasteiger partial charge in [-0.15, -0.1) is 0 Å². The summed E-state index contributed by atoms with van der Waals surface area (Å²) in [6, 6.07) is 0. The zero-order valence-corrected chi connectivity index (χ0v) is 12.8. The van der Waals surface area contributed by atoms with Crippen LogP contribution in [0, 0.1) is 0 Å². The lowest BCUT2D eigenvalue weighted by Gasteiger charge is -2.17. The number of hydrogen-bond donors (Lipinski definition) is 1. The Morgan fingerprint density at radius 1 is 1.38 bits per heavy atom. The van der Waals surface area contributed by atoms with Crippen LogP contribution in [0.5, 0.6) is 0 Å². The zero-order valence-electron chi connectivity index (χ0n) is 12.1. The molecule has 0 fully saturated rings. The summed E-state index contributed by atoms with van der Waals surface area (Å²) in [6.45, 7) is 6.57. The quantitative estimate of drug-likeness (QED) is 0.871. The largest absolute Gasteiger partial charge is 0.436 e. The molecule has 0 saturated heterocycles. The second-order valence-electron chi connectivity index (χ2n) is 4.42. The highest BCUT2D eigenvalue weighted by molar-refractivity contribution is 6.34. The number of nitrogens with one attached hydrogen (secondary N) is 1. The lowest BCUT2D eigenvalue weighted by molar-refractivity contribution is -0.141. The number of likely N-dealkylation sites (N-methyl/N-ethyl adjacent to an activating group) is 1. The van der Waals surface area contributed by atoms with Crippen molar-refractivity contribution in [2.45, 2.75) is 20.0 Å². The molecule has 0 bridgehead atoms. The first kappa shape index (κ1) is 17.8. The van der Waals surface area contributed by atoms with Crippen LogP contribution in [0.25, 0.3) is 0 Å². The fraction of sp³-hybridized carbons (Fsp3) is 0.667. The minimum Gasteiger partial charge on any atom is -0.349 e. The van der Waals surface area contributed by atoms with Gasteiger partial charge in [0.1, 0.15) is 10.7 Å². The number of amides is 1. The molecule has 5 nitrogen and oxygen atoms in total. The van der Waals surface area contributed by atoms with Crippen LogP contribution in [0.15, 0.2) is 0 Å². The molecular weight excluding hydrogens is 309 g/mol. The Bertz CT molecular complexity index is 497. The predicted octanol–water partition coefficient (Wildman–Crippen LogP) is 2.16. The van der Waals surface area contributed by atoms with E-state index >= 15 is 0 Å². The molecule has 120 valence electrons. The van der Waals surface area contributed by atoms with Crippen LogP contribution in [0.1, 0.15) is 30.0 Å². The van der Waals surface area contributed by atoms with Crippen LogP contribution >= 0.6 is 11.6 Å². The molecule has 0 aliphatic heterocycles. The van der Waals surface area contributed by atoms with E-state index in [2.05, 4.69) is 15.3 Å². The maximum absolute atomic E-state index is 12.7. The van der Waals surface area contributed by atoms with Gasteiger partial charge in [0.2, 0.25) is 0 Å². The molecule has 0 aliphatic rings. The van der Waals surface area contributed by atoms with Crippen molar-refractivity contribution in [2.24, 2.45) is 7.05 Å². The first-order valence-corrected chi connectivity index (χ1v) is 6.90. The number of carbonyl (C=O) groups is 1. The molecule has 9 heteroatoms. The zero-order chi connectivity index (χ0) is 16.2. The Morgan fingerprint density at radius 2 is 1.95 bits per heavy atom. The fourth-order valence-corrected chi connectivity index (χ4v) is 2.23. The SMILES string of the molecule is CCN(CC)CCNC(=O)c1c(Cl)c(C(F)(F)F)nn1C. The molecule has 1 amide bonds. The van der Waals surface area contributed by atoms with Gasteiger partial charge in [-0.05, 0) is 13.1 Å². The number of rotatable bonds is 6. The minimum atomic E-state index is -4.69. The van der Waals surface area contributed by atoms with E-state index in [1.54, 1.807) is 0 Å². The van der Waals surface area contributed by atoms with Gasteiger partial charge in [0.25, 0.3) is 5.91 Å². The van der Waals surface area contributed by atoms with Crippen molar-refractivity contribution in [3.05, 3.63) is 16.4 Å². The lowest BCUT2D eigenvalue weighted by Crippen LogP contribution is -2.35. The van der Waals surface area contributed by atoms with Crippen molar-refractivity contribution in [1.29, 1.82) is 0 Å². The third-order valence-corrected chi connectivity index (χ3v) is 3.44. The summed E-state index contributed by atoms with van der Waals surface area (Å²) in [5, 5.41) is 5.14. The van der Waals surface area contributed by atoms with Crippen molar-refractivity contribution in [3.63, 3.8) is 0 Å². The summed E-state index contributed by atoms with van der Waals surface area (Å²) < 4.78 is 38.8. The van der Waals surface area contributed by atoms with Gasteiger partial charge in [-0.1, -0.05) is 25.4 Å². The third kappa shape index (κ3) is 4.34. The molecular formula is C12H18ClF3N4O. The van der Waals surface area contributed by atoms with Crippen molar-refractivity contribution in [1.82, 2.24) is 20.0 Å². The Labute approximate surface area is 126 Å². The lowest BCUT2D eigenvalue weighted by atomic mass is 10.3. The maximum Gasteiger partial charge on any atom is 0.436 e. The second-order valence-corrected chi connectivity index (χ2v) is 4.79.